The Kier molecular flexibility index (Phi) is 6.09. The molecule has 0 amide bonds. The van der Waals surface area contributed by atoms with Crippen LogP contribution in [0.1, 0.15) is 52.9 Å². The second kappa shape index (κ2) is 6.88. The van der Waals surface area contributed by atoms with Crippen LogP contribution in [0.2, 0.25) is 0 Å². The van der Waals surface area contributed by atoms with Crippen molar-refractivity contribution in [1.29, 1.82) is 0 Å². The molecule has 1 saturated carbocycles. The zero-order valence-corrected chi connectivity index (χ0v) is 12.8. The summed E-state index contributed by atoms with van der Waals surface area (Å²) < 4.78 is 0. The molecule has 0 aromatic carbocycles. The van der Waals surface area contributed by atoms with Crippen molar-refractivity contribution in [2.75, 3.05) is 33.2 Å². The summed E-state index contributed by atoms with van der Waals surface area (Å²) in [5.41, 5.74) is -0.152. The number of aliphatic hydroxyl groups is 1. The van der Waals surface area contributed by atoms with Crippen LogP contribution in [-0.4, -0.2) is 48.8 Å². The molecule has 0 unspecified atom stereocenters. The van der Waals surface area contributed by atoms with E-state index >= 15 is 0 Å². The van der Waals surface area contributed by atoms with Crippen LogP contribution in [0.4, 0.5) is 0 Å². The number of rotatable bonds is 8. The van der Waals surface area contributed by atoms with E-state index in [4.69, 9.17) is 0 Å². The molecule has 1 rings (SSSR count). The van der Waals surface area contributed by atoms with Gasteiger partial charge in [0, 0.05) is 19.6 Å². The van der Waals surface area contributed by atoms with E-state index in [1.165, 1.54) is 19.3 Å². The van der Waals surface area contributed by atoms with Crippen LogP contribution in [0.15, 0.2) is 0 Å². The quantitative estimate of drug-likeness (QED) is 0.654. The number of hydrogen-bond donors (Lipinski definition) is 2. The maximum absolute atomic E-state index is 10.4. The third kappa shape index (κ3) is 5.68. The minimum Gasteiger partial charge on any atom is -0.389 e. The standard InChI is InChI=1S/C15H32N2O/c1-5-10-16-11-14(2,3)12-17(4)13-15(18)8-6-7-9-15/h16,18H,5-13H2,1-4H3. The number of hydrogen-bond acceptors (Lipinski definition) is 3. The van der Waals surface area contributed by atoms with Crippen LogP contribution in [0.3, 0.4) is 0 Å². The van der Waals surface area contributed by atoms with Gasteiger partial charge in [0.1, 0.15) is 0 Å². The van der Waals surface area contributed by atoms with Gasteiger partial charge in [-0.2, -0.15) is 0 Å². The highest BCUT2D eigenvalue weighted by Crippen LogP contribution is 2.30. The molecule has 0 radical (unpaired) electrons. The summed E-state index contributed by atoms with van der Waals surface area (Å²) in [7, 11) is 2.14. The zero-order chi connectivity index (χ0) is 13.6. The van der Waals surface area contributed by atoms with Crippen LogP contribution in [0.5, 0.6) is 0 Å². The molecule has 0 aliphatic heterocycles. The van der Waals surface area contributed by atoms with Gasteiger partial charge in [0.15, 0.2) is 0 Å². The molecule has 3 heteroatoms. The predicted molar refractivity (Wildman–Crippen MR) is 77.9 cm³/mol. The van der Waals surface area contributed by atoms with Gasteiger partial charge in [-0.05, 0) is 38.3 Å². The van der Waals surface area contributed by atoms with E-state index in [-0.39, 0.29) is 5.41 Å². The van der Waals surface area contributed by atoms with Crippen LogP contribution in [0.25, 0.3) is 0 Å². The van der Waals surface area contributed by atoms with Gasteiger partial charge in [-0.25, -0.2) is 0 Å². The third-order valence-electron chi connectivity index (χ3n) is 3.83. The van der Waals surface area contributed by atoms with Gasteiger partial charge in [0.05, 0.1) is 5.60 Å². The highest BCUT2D eigenvalue weighted by Gasteiger charge is 2.33. The van der Waals surface area contributed by atoms with Gasteiger partial charge in [-0.3, -0.25) is 0 Å². The average Bonchev–Trinajstić information content (AvgIpc) is 2.63. The Morgan fingerprint density at radius 3 is 2.44 bits per heavy atom. The lowest BCUT2D eigenvalue weighted by Gasteiger charge is -2.34. The third-order valence-corrected chi connectivity index (χ3v) is 3.83. The largest absolute Gasteiger partial charge is 0.389 e. The van der Waals surface area contributed by atoms with E-state index in [0.717, 1.165) is 39.0 Å². The van der Waals surface area contributed by atoms with Crippen molar-refractivity contribution in [3.63, 3.8) is 0 Å². The van der Waals surface area contributed by atoms with Gasteiger partial charge in [0.2, 0.25) is 0 Å². The van der Waals surface area contributed by atoms with Crippen molar-refractivity contribution < 1.29 is 5.11 Å². The Hall–Kier alpha value is -0.120. The van der Waals surface area contributed by atoms with Crippen LogP contribution < -0.4 is 5.32 Å². The monoisotopic (exact) mass is 256 g/mol. The summed E-state index contributed by atoms with van der Waals surface area (Å²) in [6.07, 6.45) is 5.51. The first-order valence-electron chi connectivity index (χ1n) is 7.49. The van der Waals surface area contributed by atoms with E-state index in [9.17, 15) is 5.11 Å². The van der Waals surface area contributed by atoms with E-state index in [1.807, 2.05) is 0 Å². The molecule has 0 atom stereocenters. The lowest BCUT2D eigenvalue weighted by atomic mass is 9.91. The van der Waals surface area contributed by atoms with Gasteiger partial charge < -0.3 is 15.3 Å². The smallest absolute Gasteiger partial charge is 0.0774 e. The second-order valence-corrected chi connectivity index (χ2v) is 6.94. The van der Waals surface area contributed by atoms with Crippen molar-refractivity contribution in [2.24, 2.45) is 5.41 Å². The van der Waals surface area contributed by atoms with Crippen molar-refractivity contribution in [1.82, 2.24) is 10.2 Å². The summed E-state index contributed by atoms with van der Waals surface area (Å²) in [4.78, 5) is 2.30. The number of nitrogens with one attached hydrogen (secondary N) is 1. The molecule has 1 fully saturated rings. The van der Waals surface area contributed by atoms with Crippen LogP contribution in [-0.2, 0) is 0 Å². The maximum atomic E-state index is 10.4. The molecule has 0 heterocycles. The molecule has 2 N–H and O–H groups in total. The predicted octanol–water partition coefficient (Wildman–Crippen LogP) is 2.25. The van der Waals surface area contributed by atoms with E-state index in [0.29, 0.717) is 0 Å². The van der Waals surface area contributed by atoms with Gasteiger partial charge in [0.25, 0.3) is 0 Å². The van der Waals surface area contributed by atoms with E-state index in [2.05, 4.69) is 38.0 Å². The number of likely N-dealkylation sites (N-methyl/N-ethyl adjacent to an activating group) is 1. The van der Waals surface area contributed by atoms with Crippen LogP contribution >= 0.6 is 0 Å². The zero-order valence-electron chi connectivity index (χ0n) is 12.8. The van der Waals surface area contributed by atoms with Crippen LogP contribution in [0, 0.1) is 5.41 Å². The second-order valence-electron chi connectivity index (χ2n) is 6.94. The Bertz CT molecular complexity index is 235. The molecule has 0 aromatic heterocycles. The minimum absolute atomic E-state index is 0.263. The maximum Gasteiger partial charge on any atom is 0.0774 e. The van der Waals surface area contributed by atoms with Crippen molar-refractivity contribution in [3.05, 3.63) is 0 Å². The van der Waals surface area contributed by atoms with E-state index in [1.54, 1.807) is 0 Å². The van der Waals surface area contributed by atoms with Crippen molar-refractivity contribution in [2.45, 2.75) is 58.5 Å². The molecule has 1 aliphatic carbocycles. The van der Waals surface area contributed by atoms with Gasteiger partial charge >= 0.3 is 0 Å². The minimum atomic E-state index is -0.415. The normalized spacial score (nSPS) is 19.7. The van der Waals surface area contributed by atoms with E-state index < -0.39 is 5.60 Å². The first kappa shape index (κ1) is 15.9. The molecule has 0 spiro atoms. The SMILES string of the molecule is CCCNCC(C)(C)CN(C)CC1(O)CCCC1. The highest BCUT2D eigenvalue weighted by molar-refractivity contribution is 4.88. The first-order valence-corrected chi connectivity index (χ1v) is 7.49. The Morgan fingerprint density at radius 1 is 1.28 bits per heavy atom. The fourth-order valence-electron chi connectivity index (χ4n) is 3.14. The molecule has 18 heavy (non-hydrogen) atoms. The van der Waals surface area contributed by atoms with Gasteiger partial charge in [-0.1, -0.05) is 33.6 Å². The molecule has 0 saturated heterocycles. The number of nitrogens with zero attached hydrogens (tertiary/aromatic N) is 1. The molecule has 108 valence electrons. The fraction of sp³-hybridized carbons (Fsp3) is 1.00. The fourth-order valence-corrected chi connectivity index (χ4v) is 3.14. The molecule has 3 nitrogen and oxygen atoms in total. The molecular formula is C15H32N2O. The lowest BCUT2D eigenvalue weighted by molar-refractivity contribution is 0.00822. The van der Waals surface area contributed by atoms with Crippen molar-refractivity contribution in [3.8, 4) is 0 Å². The molecule has 0 bridgehead atoms. The summed E-state index contributed by atoms with van der Waals surface area (Å²) in [5.74, 6) is 0. The summed E-state index contributed by atoms with van der Waals surface area (Å²) >= 11 is 0. The first-order chi connectivity index (χ1) is 8.37. The van der Waals surface area contributed by atoms with Crippen molar-refractivity contribution >= 4 is 0 Å². The Morgan fingerprint density at radius 2 is 1.89 bits per heavy atom. The summed E-state index contributed by atoms with van der Waals surface area (Å²) in [6.45, 7) is 10.8. The molecular weight excluding hydrogens is 224 g/mol. The van der Waals surface area contributed by atoms with Gasteiger partial charge in [-0.15, -0.1) is 0 Å². The average molecular weight is 256 g/mol. The summed E-state index contributed by atoms with van der Waals surface area (Å²) in [5, 5.41) is 13.9. The summed E-state index contributed by atoms with van der Waals surface area (Å²) in [6, 6.07) is 0. The highest BCUT2D eigenvalue weighted by atomic mass is 16.3. The topological polar surface area (TPSA) is 35.5 Å². The Labute approximate surface area is 113 Å². The Balaban J connectivity index is 2.31. The molecule has 0 aromatic rings. The molecule has 1 aliphatic rings. The lowest BCUT2D eigenvalue weighted by Crippen LogP contribution is -2.45.